The lowest BCUT2D eigenvalue weighted by molar-refractivity contribution is 0.0895. The predicted octanol–water partition coefficient (Wildman–Crippen LogP) is 2.32. The SMILES string of the molecule is O=C(CC(=O)c1cnn2ccncc12)c1ccc(F)cc1. The Bertz CT molecular complexity index is 824. The molecule has 3 rings (SSSR count). The average Bonchev–Trinajstić information content (AvgIpc) is 2.92. The van der Waals surface area contributed by atoms with Crippen LogP contribution in [-0.4, -0.2) is 26.2 Å². The number of fused-ring (bicyclic) bond motifs is 1. The number of nitrogens with zero attached hydrogens (tertiary/aromatic N) is 3. The van der Waals surface area contributed by atoms with E-state index in [2.05, 4.69) is 10.1 Å². The largest absolute Gasteiger partial charge is 0.294 e. The van der Waals surface area contributed by atoms with Gasteiger partial charge in [0.15, 0.2) is 11.6 Å². The smallest absolute Gasteiger partial charge is 0.174 e. The lowest BCUT2D eigenvalue weighted by Crippen LogP contribution is -2.08. The predicted molar refractivity (Wildman–Crippen MR) is 72.7 cm³/mol. The van der Waals surface area contributed by atoms with Gasteiger partial charge in [-0.05, 0) is 24.3 Å². The first-order valence-electron chi connectivity index (χ1n) is 6.24. The highest BCUT2D eigenvalue weighted by molar-refractivity contribution is 6.15. The third-order valence-corrected chi connectivity index (χ3v) is 3.11. The molecule has 1 aromatic carbocycles. The van der Waals surface area contributed by atoms with E-state index >= 15 is 0 Å². The van der Waals surface area contributed by atoms with Gasteiger partial charge in [-0.3, -0.25) is 14.6 Å². The molecule has 104 valence electrons. The molecule has 5 nitrogen and oxygen atoms in total. The standard InChI is InChI=1S/C15H10FN3O2/c16-11-3-1-10(2-4-11)14(20)7-15(21)12-8-18-19-6-5-17-9-13(12)19/h1-6,8-9H,7H2. The molecule has 0 saturated carbocycles. The fraction of sp³-hybridized carbons (Fsp3) is 0.0667. The number of carbonyl (C=O) groups excluding carboxylic acids is 2. The summed E-state index contributed by atoms with van der Waals surface area (Å²) in [5, 5.41) is 4.03. The number of benzene rings is 1. The van der Waals surface area contributed by atoms with Gasteiger partial charge in [0.2, 0.25) is 0 Å². The second-order valence-electron chi connectivity index (χ2n) is 4.49. The first kappa shape index (κ1) is 13.1. The Balaban J connectivity index is 1.83. The monoisotopic (exact) mass is 283 g/mol. The van der Waals surface area contributed by atoms with E-state index in [9.17, 15) is 14.0 Å². The van der Waals surface area contributed by atoms with Gasteiger partial charge < -0.3 is 0 Å². The molecule has 0 aliphatic heterocycles. The molecular formula is C15H10FN3O2. The van der Waals surface area contributed by atoms with Crippen molar-refractivity contribution in [2.45, 2.75) is 6.42 Å². The van der Waals surface area contributed by atoms with Crippen LogP contribution in [-0.2, 0) is 0 Å². The van der Waals surface area contributed by atoms with E-state index in [4.69, 9.17) is 0 Å². The van der Waals surface area contributed by atoms with Crippen LogP contribution < -0.4 is 0 Å². The molecule has 2 aromatic heterocycles. The van der Waals surface area contributed by atoms with Crippen molar-refractivity contribution in [3.05, 3.63) is 66.0 Å². The van der Waals surface area contributed by atoms with Crippen molar-refractivity contribution in [3.63, 3.8) is 0 Å². The van der Waals surface area contributed by atoms with Crippen LogP contribution in [0.15, 0.2) is 49.1 Å². The first-order chi connectivity index (χ1) is 10.1. The normalized spacial score (nSPS) is 10.7. The molecule has 0 fully saturated rings. The van der Waals surface area contributed by atoms with Gasteiger partial charge in [0, 0.05) is 18.0 Å². The maximum absolute atomic E-state index is 12.8. The molecular weight excluding hydrogens is 273 g/mol. The van der Waals surface area contributed by atoms with Gasteiger partial charge in [-0.25, -0.2) is 8.91 Å². The number of hydrogen-bond acceptors (Lipinski definition) is 4. The van der Waals surface area contributed by atoms with Gasteiger partial charge in [0.25, 0.3) is 0 Å². The van der Waals surface area contributed by atoms with Gasteiger partial charge >= 0.3 is 0 Å². The van der Waals surface area contributed by atoms with Crippen LogP contribution >= 0.6 is 0 Å². The Labute approximate surface area is 119 Å². The number of hydrogen-bond donors (Lipinski definition) is 0. The number of rotatable bonds is 4. The second-order valence-corrected chi connectivity index (χ2v) is 4.49. The van der Waals surface area contributed by atoms with Crippen molar-refractivity contribution in [1.82, 2.24) is 14.6 Å². The van der Waals surface area contributed by atoms with Crippen molar-refractivity contribution < 1.29 is 14.0 Å². The zero-order valence-corrected chi connectivity index (χ0v) is 10.9. The van der Waals surface area contributed by atoms with Crippen molar-refractivity contribution in [2.24, 2.45) is 0 Å². The fourth-order valence-electron chi connectivity index (χ4n) is 2.03. The lowest BCUT2D eigenvalue weighted by Gasteiger charge is -2.00. The van der Waals surface area contributed by atoms with Gasteiger partial charge in [-0.1, -0.05) is 0 Å². The summed E-state index contributed by atoms with van der Waals surface area (Å²) >= 11 is 0. The Kier molecular flexibility index (Phi) is 3.27. The van der Waals surface area contributed by atoms with Gasteiger partial charge in [0.05, 0.1) is 29.9 Å². The van der Waals surface area contributed by atoms with E-state index in [1.807, 2.05) is 0 Å². The zero-order chi connectivity index (χ0) is 14.8. The molecule has 0 spiro atoms. The van der Waals surface area contributed by atoms with E-state index in [1.165, 1.54) is 41.2 Å². The van der Waals surface area contributed by atoms with E-state index in [-0.39, 0.29) is 18.0 Å². The van der Waals surface area contributed by atoms with Crippen molar-refractivity contribution in [2.75, 3.05) is 0 Å². The Morgan fingerprint density at radius 2 is 1.86 bits per heavy atom. The molecule has 0 radical (unpaired) electrons. The van der Waals surface area contributed by atoms with Gasteiger partial charge in [-0.2, -0.15) is 5.10 Å². The Hall–Kier alpha value is -2.89. The minimum absolute atomic E-state index is 0.290. The maximum atomic E-state index is 12.8. The highest BCUT2D eigenvalue weighted by atomic mass is 19.1. The van der Waals surface area contributed by atoms with Crippen LogP contribution in [0, 0.1) is 5.82 Å². The maximum Gasteiger partial charge on any atom is 0.174 e. The molecule has 0 aliphatic carbocycles. The van der Waals surface area contributed by atoms with Gasteiger partial charge in [0.1, 0.15) is 5.82 Å². The second kappa shape index (κ2) is 5.24. The average molecular weight is 283 g/mol. The lowest BCUT2D eigenvalue weighted by atomic mass is 10.0. The molecule has 6 heteroatoms. The summed E-state index contributed by atoms with van der Waals surface area (Å²) in [4.78, 5) is 28.1. The van der Waals surface area contributed by atoms with Crippen molar-refractivity contribution >= 4 is 17.1 Å². The number of ketones is 2. The molecule has 3 aromatic rings. The summed E-state index contributed by atoms with van der Waals surface area (Å²) in [6.45, 7) is 0. The Morgan fingerprint density at radius 3 is 2.62 bits per heavy atom. The zero-order valence-electron chi connectivity index (χ0n) is 10.9. The summed E-state index contributed by atoms with van der Waals surface area (Å²) in [7, 11) is 0. The van der Waals surface area contributed by atoms with E-state index in [1.54, 1.807) is 12.4 Å². The number of Topliss-reactive ketones (excluding diaryl/α,β-unsaturated/α-hetero) is 2. The van der Waals surface area contributed by atoms with Crippen LogP contribution in [0.25, 0.3) is 5.52 Å². The molecule has 0 N–H and O–H groups in total. The number of carbonyl (C=O) groups is 2. The van der Waals surface area contributed by atoms with Crippen LogP contribution in [0.2, 0.25) is 0 Å². The van der Waals surface area contributed by atoms with Crippen LogP contribution in [0.3, 0.4) is 0 Å². The summed E-state index contributed by atoms with van der Waals surface area (Å²) in [5.74, 6) is -1.12. The molecule has 0 aliphatic rings. The molecule has 0 amide bonds. The molecule has 2 heterocycles. The van der Waals surface area contributed by atoms with E-state index in [0.29, 0.717) is 16.6 Å². The summed E-state index contributed by atoms with van der Waals surface area (Å²) in [6, 6.07) is 5.11. The molecule has 0 unspecified atom stereocenters. The molecule has 0 atom stereocenters. The first-order valence-corrected chi connectivity index (χ1v) is 6.24. The summed E-state index contributed by atoms with van der Waals surface area (Å²) < 4.78 is 14.3. The van der Waals surface area contributed by atoms with E-state index < -0.39 is 5.82 Å². The highest BCUT2D eigenvalue weighted by Gasteiger charge is 2.17. The van der Waals surface area contributed by atoms with Crippen LogP contribution in [0.5, 0.6) is 0 Å². The quantitative estimate of drug-likeness (QED) is 0.544. The third kappa shape index (κ3) is 2.55. The van der Waals surface area contributed by atoms with Gasteiger partial charge in [-0.15, -0.1) is 0 Å². The summed E-state index contributed by atoms with van der Waals surface area (Å²) in [5.41, 5.74) is 1.20. The fourth-order valence-corrected chi connectivity index (χ4v) is 2.03. The number of halogens is 1. The molecule has 0 bridgehead atoms. The minimum atomic E-state index is -0.424. The highest BCUT2D eigenvalue weighted by Crippen LogP contribution is 2.14. The number of aromatic nitrogens is 3. The van der Waals surface area contributed by atoms with E-state index in [0.717, 1.165) is 0 Å². The van der Waals surface area contributed by atoms with Crippen LogP contribution in [0.4, 0.5) is 4.39 Å². The Morgan fingerprint density at radius 1 is 1.10 bits per heavy atom. The topological polar surface area (TPSA) is 64.3 Å². The van der Waals surface area contributed by atoms with Crippen molar-refractivity contribution in [1.29, 1.82) is 0 Å². The van der Waals surface area contributed by atoms with Crippen molar-refractivity contribution in [3.8, 4) is 0 Å². The third-order valence-electron chi connectivity index (χ3n) is 3.11. The molecule has 0 saturated heterocycles. The summed E-state index contributed by atoms with van der Waals surface area (Å²) in [6.07, 6.45) is 5.81. The van der Waals surface area contributed by atoms with Crippen LogP contribution in [0.1, 0.15) is 27.1 Å². The minimum Gasteiger partial charge on any atom is -0.294 e. The molecule has 21 heavy (non-hydrogen) atoms.